The Balaban J connectivity index is 2.23. The molecule has 1 unspecified atom stereocenters. The number of aryl methyl sites for hydroxylation is 1. The maximum absolute atomic E-state index is 6.32. The third-order valence-electron chi connectivity index (χ3n) is 3.49. The molecule has 2 nitrogen and oxygen atoms in total. The van der Waals surface area contributed by atoms with Gasteiger partial charge in [0.15, 0.2) is 0 Å². The molecule has 0 saturated carbocycles. The molecule has 0 bridgehead atoms. The van der Waals surface area contributed by atoms with E-state index < -0.39 is 0 Å². The van der Waals surface area contributed by atoms with Crippen molar-refractivity contribution in [3.8, 4) is 0 Å². The van der Waals surface area contributed by atoms with Gasteiger partial charge in [-0.15, -0.1) is 0 Å². The fraction of sp³-hybridized carbons (Fsp3) is 0.353. The number of nitrogens with zero attached hydrogens (tertiary/aromatic N) is 1. The highest BCUT2D eigenvalue weighted by Crippen LogP contribution is 2.28. The standard InChI is InChI=1S/C17H20Cl2N2/c1-3-12-5-7-14(21-11-12)10-17(20-4-2)15-9-13(18)6-8-16(15)19/h5-9,11,17,20H,3-4,10H2,1-2H3. The van der Waals surface area contributed by atoms with Crippen LogP contribution < -0.4 is 5.32 Å². The van der Waals surface area contributed by atoms with Gasteiger partial charge in [0, 0.05) is 34.4 Å². The molecule has 0 aliphatic heterocycles. The van der Waals surface area contributed by atoms with E-state index in [1.54, 1.807) is 0 Å². The SMILES string of the molecule is CCNC(Cc1ccc(CC)cn1)c1cc(Cl)ccc1Cl. The molecule has 21 heavy (non-hydrogen) atoms. The molecule has 1 heterocycles. The molecule has 0 aliphatic rings. The van der Waals surface area contributed by atoms with E-state index in [1.165, 1.54) is 5.56 Å². The number of halogens is 2. The molecule has 2 rings (SSSR count). The van der Waals surface area contributed by atoms with Crippen molar-refractivity contribution in [3.05, 3.63) is 63.4 Å². The van der Waals surface area contributed by atoms with Gasteiger partial charge in [0.25, 0.3) is 0 Å². The summed E-state index contributed by atoms with van der Waals surface area (Å²) in [5.41, 5.74) is 3.32. The molecule has 2 aromatic rings. The fourth-order valence-corrected chi connectivity index (χ4v) is 2.74. The third-order valence-corrected chi connectivity index (χ3v) is 4.07. The molecule has 0 fully saturated rings. The first-order valence-electron chi connectivity index (χ1n) is 7.26. The van der Waals surface area contributed by atoms with Gasteiger partial charge < -0.3 is 5.32 Å². The number of aromatic nitrogens is 1. The molecular weight excluding hydrogens is 303 g/mol. The summed E-state index contributed by atoms with van der Waals surface area (Å²) in [6.45, 7) is 5.07. The summed E-state index contributed by atoms with van der Waals surface area (Å²) >= 11 is 12.4. The summed E-state index contributed by atoms with van der Waals surface area (Å²) < 4.78 is 0. The average Bonchev–Trinajstić information content (AvgIpc) is 2.50. The van der Waals surface area contributed by atoms with Gasteiger partial charge in [-0.1, -0.05) is 43.1 Å². The van der Waals surface area contributed by atoms with Crippen molar-refractivity contribution in [2.45, 2.75) is 32.7 Å². The molecule has 112 valence electrons. The minimum absolute atomic E-state index is 0.112. The van der Waals surface area contributed by atoms with Gasteiger partial charge in [-0.2, -0.15) is 0 Å². The molecule has 1 aromatic heterocycles. The number of nitrogens with one attached hydrogen (secondary N) is 1. The molecule has 0 amide bonds. The molecule has 0 aliphatic carbocycles. The molecule has 1 aromatic carbocycles. The van der Waals surface area contributed by atoms with Crippen LogP contribution in [0.4, 0.5) is 0 Å². The van der Waals surface area contributed by atoms with Crippen LogP contribution in [0.25, 0.3) is 0 Å². The third kappa shape index (κ3) is 4.44. The zero-order valence-corrected chi connectivity index (χ0v) is 13.9. The maximum Gasteiger partial charge on any atom is 0.0454 e. The molecule has 0 spiro atoms. The van der Waals surface area contributed by atoms with Crippen molar-refractivity contribution in [1.29, 1.82) is 0 Å². The van der Waals surface area contributed by atoms with Crippen molar-refractivity contribution >= 4 is 23.2 Å². The highest BCUT2D eigenvalue weighted by Gasteiger charge is 2.15. The van der Waals surface area contributed by atoms with Crippen molar-refractivity contribution in [1.82, 2.24) is 10.3 Å². The second-order valence-corrected chi connectivity index (χ2v) is 5.84. The molecule has 4 heteroatoms. The molecule has 0 saturated heterocycles. The van der Waals surface area contributed by atoms with Crippen LogP contribution >= 0.6 is 23.2 Å². The predicted octanol–water partition coefficient (Wildman–Crippen LogP) is 4.84. The van der Waals surface area contributed by atoms with Crippen LogP contribution in [0.1, 0.15) is 36.7 Å². The van der Waals surface area contributed by atoms with Gasteiger partial charge in [0.05, 0.1) is 0 Å². The first-order chi connectivity index (χ1) is 10.1. The van der Waals surface area contributed by atoms with E-state index in [0.717, 1.165) is 35.7 Å². The van der Waals surface area contributed by atoms with Gasteiger partial charge >= 0.3 is 0 Å². The number of hydrogen-bond donors (Lipinski definition) is 1. The Kier molecular flexibility index (Phi) is 6.04. The van der Waals surface area contributed by atoms with Crippen LogP contribution in [-0.4, -0.2) is 11.5 Å². The van der Waals surface area contributed by atoms with E-state index in [0.29, 0.717) is 5.02 Å². The number of rotatable bonds is 6. The van der Waals surface area contributed by atoms with E-state index in [2.05, 4.69) is 36.3 Å². The number of benzene rings is 1. The van der Waals surface area contributed by atoms with Gasteiger partial charge in [-0.25, -0.2) is 0 Å². The first kappa shape index (κ1) is 16.3. The Labute approximate surface area is 136 Å². The minimum Gasteiger partial charge on any atom is -0.310 e. The topological polar surface area (TPSA) is 24.9 Å². The number of likely N-dealkylation sites (N-methyl/N-ethyl adjacent to an activating group) is 1. The van der Waals surface area contributed by atoms with Crippen LogP contribution in [0.15, 0.2) is 36.5 Å². The molecule has 1 atom stereocenters. The second-order valence-electron chi connectivity index (χ2n) is 4.99. The van der Waals surface area contributed by atoms with E-state index in [9.17, 15) is 0 Å². The summed E-state index contributed by atoms with van der Waals surface area (Å²) in [5.74, 6) is 0. The quantitative estimate of drug-likeness (QED) is 0.822. The van der Waals surface area contributed by atoms with E-state index in [-0.39, 0.29) is 6.04 Å². The summed E-state index contributed by atoms with van der Waals surface area (Å²) in [4.78, 5) is 4.53. The first-order valence-corrected chi connectivity index (χ1v) is 8.01. The van der Waals surface area contributed by atoms with Crippen LogP contribution in [0.3, 0.4) is 0 Å². The normalized spacial score (nSPS) is 12.4. The van der Waals surface area contributed by atoms with E-state index in [1.807, 2.05) is 24.4 Å². The van der Waals surface area contributed by atoms with Gasteiger partial charge in [-0.05, 0) is 48.4 Å². The fourth-order valence-electron chi connectivity index (χ4n) is 2.31. The van der Waals surface area contributed by atoms with Gasteiger partial charge in [0.2, 0.25) is 0 Å². The Morgan fingerprint density at radius 1 is 1.14 bits per heavy atom. The Bertz CT molecular complexity index is 582. The van der Waals surface area contributed by atoms with Gasteiger partial charge in [0.1, 0.15) is 0 Å². The lowest BCUT2D eigenvalue weighted by Gasteiger charge is -2.19. The lowest BCUT2D eigenvalue weighted by atomic mass is 10.0. The second kappa shape index (κ2) is 7.79. The average molecular weight is 323 g/mol. The van der Waals surface area contributed by atoms with Crippen LogP contribution in [0.5, 0.6) is 0 Å². The van der Waals surface area contributed by atoms with Crippen molar-refractivity contribution in [2.75, 3.05) is 6.54 Å². The Hall–Kier alpha value is -1.09. The monoisotopic (exact) mass is 322 g/mol. The lowest BCUT2D eigenvalue weighted by Crippen LogP contribution is -2.23. The van der Waals surface area contributed by atoms with Gasteiger partial charge in [-0.3, -0.25) is 4.98 Å². The minimum atomic E-state index is 0.112. The zero-order chi connectivity index (χ0) is 15.2. The molecule has 0 radical (unpaired) electrons. The Morgan fingerprint density at radius 2 is 1.95 bits per heavy atom. The van der Waals surface area contributed by atoms with Crippen molar-refractivity contribution in [2.24, 2.45) is 0 Å². The summed E-state index contributed by atoms with van der Waals surface area (Å²) in [7, 11) is 0. The molecule has 1 N–H and O–H groups in total. The zero-order valence-electron chi connectivity index (χ0n) is 12.4. The van der Waals surface area contributed by atoms with Crippen molar-refractivity contribution in [3.63, 3.8) is 0 Å². The van der Waals surface area contributed by atoms with Crippen LogP contribution in [-0.2, 0) is 12.8 Å². The number of hydrogen-bond acceptors (Lipinski definition) is 2. The van der Waals surface area contributed by atoms with Crippen LogP contribution in [0, 0.1) is 0 Å². The highest BCUT2D eigenvalue weighted by molar-refractivity contribution is 6.33. The summed E-state index contributed by atoms with van der Waals surface area (Å²) in [6, 6.07) is 9.91. The largest absolute Gasteiger partial charge is 0.310 e. The smallest absolute Gasteiger partial charge is 0.0454 e. The number of pyridine rings is 1. The predicted molar refractivity (Wildman–Crippen MR) is 90.2 cm³/mol. The highest BCUT2D eigenvalue weighted by atomic mass is 35.5. The maximum atomic E-state index is 6.32. The van der Waals surface area contributed by atoms with Crippen molar-refractivity contribution < 1.29 is 0 Å². The Morgan fingerprint density at radius 3 is 2.57 bits per heavy atom. The molecular formula is C17H20Cl2N2. The van der Waals surface area contributed by atoms with E-state index in [4.69, 9.17) is 23.2 Å². The lowest BCUT2D eigenvalue weighted by molar-refractivity contribution is 0.544. The van der Waals surface area contributed by atoms with E-state index >= 15 is 0 Å². The van der Waals surface area contributed by atoms with Crippen LogP contribution in [0.2, 0.25) is 10.0 Å². The summed E-state index contributed by atoms with van der Waals surface area (Å²) in [6.07, 6.45) is 3.74. The summed E-state index contributed by atoms with van der Waals surface area (Å²) in [5, 5.41) is 4.89.